The molecular formula is C25H33N3O5S. The fourth-order valence-corrected chi connectivity index (χ4v) is 5.97. The number of carbonyl (C=O) groups is 2. The van der Waals surface area contributed by atoms with E-state index in [9.17, 15) is 18.0 Å². The molecule has 2 aromatic carbocycles. The van der Waals surface area contributed by atoms with Crippen molar-refractivity contribution >= 4 is 27.5 Å². The maximum Gasteiger partial charge on any atom is 0.262 e. The molecular weight excluding hydrogens is 454 g/mol. The van der Waals surface area contributed by atoms with Crippen molar-refractivity contribution in [3.05, 3.63) is 58.7 Å². The van der Waals surface area contributed by atoms with Gasteiger partial charge in [-0.2, -0.15) is 0 Å². The lowest BCUT2D eigenvalue weighted by Crippen LogP contribution is -2.45. The van der Waals surface area contributed by atoms with E-state index in [0.717, 1.165) is 18.4 Å². The van der Waals surface area contributed by atoms with Crippen molar-refractivity contribution in [1.82, 2.24) is 10.2 Å². The van der Waals surface area contributed by atoms with E-state index in [2.05, 4.69) is 10.0 Å². The van der Waals surface area contributed by atoms with Crippen molar-refractivity contribution in [2.75, 3.05) is 38.1 Å². The average molecular weight is 488 g/mol. The van der Waals surface area contributed by atoms with Crippen LogP contribution in [0.15, 0.2) is 41.3 Å². The fourth-order valence-electron chi connectivity index (χ4n) is 4.46. The first-order valence-electron chi connectivity index (χ1n) is 11.4. The number of hydrogen-bond acceptors (Lipinski definition) is 5. The number of ether oxygens (including phenoxy) is 1. The summed E-state index contributed by atoms with van der Waals surface area (Å²) in [6.07, 6.45) is 1.49. The predicted octanol–water partition coefficient (Wildman–Crippen LogP) is 3.03. The summed E-state index contributed by atoms with van der Waals surface area (Å²) >= 11 is 0. The van der Waals surface area contributed by atoms with Crippen LogP contribution in [0.1, 0.15) is 39.9 Å². The van der Waals surface area contributed by atoms with Crippen LogP contribution >= 0.6 is 0 Å². The van der Waals surface area contributed by atoms with E-state index in [0.29, 0.717) is 48.6 Å². The third kappa shape index (κ3) is 6.15. The molecule has 0 saturated carbocycles. The predicted molar refractivity (Wildman–Crippen MR) is 131 cm³/mol. The molecule has 3 rings (SSSR count). The van der Waals surface area contributed by atoms with E-state index >= 15 is 0 Å². The van der Waals surface area contributed by atoms with Gasteiger partial charge in [-0.1, -0.05) is 17.7 Å². The molecule has 9 heteroatoms. The average Bonchev–Trinajstić information content (AvgIpc) is 2.78. The first-order valence-corrected chi connectivity index (χ1v) is 12.9. The number of nitrogens with zero attached hydrogens (tertiary/aromatic N) is 1. The second kappa shape index (κ2) is 11.0. The van der Waals surface area contributed by atoms with Gasteiger partial charge in [0.2, 0.25) is 5.91 Å². The van der Waals surface area contributed by atoms with Crippen molar-refractivity contribution in [3.8, 4) is 0 Å². The van der Waals surface area contributed by atoms with Gasteiger partial charge in [0.1, 0.15) is 0 Å². The number of rotatable bonds is 8. The van der Waals surface area contributed by atoms with Crippen molar-refractivity contribution in [1.29, 1.82) is 0 Å². The molecule has 2 amide bonds. The Hall–Kier alpha value is -2.91. The summed E-state index contributed by atoms with van der Waals surface area (Å²) in [5.74, 6) is -0.489. The van der Waals surface area contributed by atoms with Gasteiger partial charge < -0.3 is 15.0 Å². The number of piperidine rings is 1. The third-order valence-electron chi connectivity index (χ3n) is 5.94. The number of aryl methyl sites for hydroxylation is 3. The van der Waals surface area contributed by atoms with Crippen LogP contribution in [0.3, 0.4) is 0 Å². The van der Waals surface area contributed by atoms with Crippen LogP contribution in [0.4, 0.5) is 5.69 Å². The van der Waals surface area contributed by atoms with Gasteiger partial charge >= 0.3 is 0 Å². The highest BCUT2D eigenvalue weighted by molar-refractivity contribution is 7.92. The largest absolute Gasteiger partial charge is 0.383 e. The lowest BCUT2D eigenvalue weighted by atomic mass is 9.96. The van der Waals surface area contributed by atoms with Crippen molar-refractivity contribution in [2.24, 2.45) is 5.92 Å². The van der Waals surface area contributed by atoms with E-state index in [1.807, 2.05) is 19.1 Å². The first kappa shape index (κ1) is 25.7. The fraction of sp³-hybridized carbons (Fsp3) is 0.440. The Kier molecular flexibility index (Phi) is 8.33. The molecule has 0 spiro atoms. The molecule has 0 aliphatic carbocycles. The van der Waals surface area contributed by atoms with Crippen LogP contribution in [-0.2, 0) is 19.6 Å². The highest BCUT2D eigenvalue weighted by atomic mass is 32.2. The van der Waals surface area contributed by atoms with E-state index in [1.165, 1.54) is 0 Å². The van der Waals surface area contributed by atoms with Crippen molar-refractivity contribution < 1.29 is 22.7 Å². The van der Waals surface area contributed by atoms with Crippen molar-refractivity contribution in [2.45, 2.75) is 38.5 Å². The van der Waals surface area contributed by atoms with Gasteiger partial charge in [0, 0.05) is 38.0 Å². The van der Waals surface area contributed by atoms with Crippen LogP contribution in [0.25, 0.3) is 0 Å². The Labute approximate surface area is 201 Å². The van der Waals surface area contributed by atoms with Gasteiger partial charge in [-0.3, -0.25) is 14.3 Å². The number of nitrogens with one attached hydrogen (secondary N) is 2. The smallest absolute Gasteiger partial charge is 0.262 e. The number of methoxy groups -OCH3 is 1. The second-order valence-corrected chi connectivity index (χ2v) is 10.4. The van der Waals surface area contributed by atoms with Crippen LogP contribution in [0.2, 0.25) is 0 Å². The highest BCUT2D eigenvalue weighted by Gasteiger charge is 2.29. The minimum absolute atomic E-state index is 0.0685. The van der Waals surface area contributed by atoms with Gasteiger partial charge in [-0.05, 0) is 69.0 Å². The van der Waals surface area contributed by atoms with Crippen LogP contribution in [0, 0.1) is 26.7 Å². The van der Waals surface area contributed by atoms with Crippen LogP contribution in [-0.4, -0.2) is 58.5 Å². The molecule has 0 aromatic heterocycles. The molecule has 184 valence electrons. The monoisotopic (exact) mass is 487 g/mol. The molecule has 1 aliphatic heterocycles. The number of anilines is 1. The summed E-state index contributed by atoms with van der Waals surface area (Å²) in [5.41, 5.74) is 3.20. The highest BCUT2D eigenvalue weighted by Crippen LogP contribution is 2.25. The van der Waals surface area contributed by atoms with Crippen molar-refractivity contribution in [3.63, 3.8) is 0 Å². The minimum atomic E-state index is -3.77. The molecule has 0 radical (unpaired) electrons. The maximum atomic E-state index is 13.0. The van der Waals surface area contributed by atoms with E-state index in [-0.39, 0.29) is 22.6 Å². The summed E-state index contributed by atoms with van der Waals surface area (Å²) < 4.78 is 33.5. The Morgan fingerprint density at radius 3 is 2.35 bits per heavy atom. The Balaban J connectivity index is 1.67. The molecule has 1 aliphatic rings. The maximum absolute atomic E-state index is 13.0. The van der Waals surface area contributed by atoms with Gasteiger partial charge in [-0.25, -0.2) is 8.42 Å². The zero-order chi connectivity index (χ0) is 24.9. The summed E-state index contributed by atoms with van der Waals surface area (Å²) in [7, 11) is -2.19. The third-order valence-corrected chi connectivity index (χ3v) is 7.63. The zero-order valence-electron chi connectivity index (χ0n) is 20.2. The van der Waals surface area contributed by atoms with Crippen LogP contribution < -0.4 is 10.0 Å². The van der Waals surface area contributed by atoms with E-state index in [4.69, 9.17) is 4.74 Å². The second-order valence-electron chi connectivity index (χ2n) is 8.78. The molecule has 1 atom stereocenters. The molecule has 2 N–H and O–H groups in total. The Morgan fingerprint density at radius 2 is 1.74 bits per heavy atom. The molecule has 1 saturated heterocycles. The lowest BCUT2D eigenvalue weighted by molar-refractivity contribution is -0.126. The standard InChI is InChI=1S/C25H33N3O5S/c1-17-14-18(2)23(19(3)15-17)34(31,32)27-22-9-7-20(8-10-22)25(30)28-12-5-6-21(16-28)24(29)26-11-13-33-4/h7-10,14-15,21,27H,5-6,11-13,16H2,1-4H3,(H,26,29). The number of amides is 2. The first-order chi connectivity index (χ1) is 16.1. The van der Waals surface area contributed by atoms with Gasteiger partial charge in [0.25, 0.3) is 15.9 Å². The number of hydrogen-bond donors (Lipinski definition) is 2. The minimum Gasteiger partial charge on any atom is -0.383 e. The molecule has 0 bridgehead atoms. The van der Waals surface area contributed by atoms with E-state index in [1.54, 1.807) is 50.1 Å². The van der Waals surface area contributed by atoms with Gasteiger partial charge in [0.05, 0.1) is 17.4 Å². The summed E-state index contributed by atoms with van der Waals surface area (Å²) in [4.78, 5) is 27.3. The molecule has 8 nitrogen and oxygen atoms in total. The summed E-state index contributed by atoms with van der Waals surface area (Å²) in [6, 6.07) is 10.1. The Bertz CT molecular complexity index is 1120. The summed E-state index contributed by atoms with van der Waals surface area (Å²) in [5, 5.41) is 2.84. The Morgan fingerprint density at radius 1 is 1.09 bits per heavy atom. The molecule has 1 heterocycles. The molecule has 2 aromatic rings. The number of sulfonamides is 1. The number of benzene rings is 2. The molecule has 34 heavy (non-hydrogen) atoms. The summed E-state index contributed by atoms with van der Waals surface area (Å²) in [6.45, 7) is 7.32. The molecule has 1 fully saturated rings. The lowest BCUT2D eigenvalue weighted by Gasteiger charge is -2.32. The SMILES string of the molecule is COCCNC(=O)C1CCCN(C(=O)c2ccc(NS(=O)(=O)c3c(C)cc(C)cc3C)cc2)C1. The molecule has 1 unspecified atom stereocenters. The van der Waals surface area contributed by atoms with Gasteiger partial charge in [0.15, 0.2) is 0 Å². The topological polar surface area (TPSA) is 105 Å². The quantitative estimate of drug-likeness (QED) is 0.557. The zero-order valence-corrected chi connectivity index (χ0v) is 21.0. The number of likely N-dealkylation sites (tertiary alicyclic amines) is 1. The van der Waals surface area contributed by atoms with E-state index < -0.39 is 10.0 Å². The van der Waals surface area contributed by atoms with Crippen LogP contribution in [0.5, 0.6) is 0 Å². The number of carbonyl (C=O) groups excluding carboxylic acids is 2. The van der Waals surface area contributed by atoms with Gasteiger partial charge in [-0.15, -0.1) is 0 Å². The normalized spacial score (nSPS) is 16.2.